The lowest BCUT2D eigenvalue weighted by atomic mass is 9.99. The first-order chi connectivity index (χ1) is 17.5. The van der Waals surface area contributed by atoms with Gasteiger partial charge in [-0.25, -0.2) is 9.37 Å². The van der Waals surface area contributed by atoms with Crippen molar-refractivity contribution in [1.29, 1.82) is 0 Å². The van der Waals surface area contributed by atoms with Gasteiger partial charge in [-0.3, -0.25) is 9.78 Å². The second kappa shape index (κ2) is 10.9. The Hall–Kier alpha value is -3.47. The van der Waals surface area contributed by atoms with Crippen molar-refractivity contribution in [2.75, 3.05) is 32.0 Å². The number of hydrogen-bond acceptors (Lipinski definition) is 6. The van der Waals surface area contributed by atoms with Crippen LogP contribution in [0.25, 0.3) is 16.3 Å². The van der Waals surface area contributed by atoms with Crippen molar-refractivity contribution in [3.63, 3.8) is 0 Å². The topological polar surface area (TPSA) is 83.3 Å². The van der Waals surface area contributed by atoms with E-state index in [0.717, 1.165) is 0 Å². The summed E-state index contributed by atoms with van der Waals surface area (Å²) in [5.74, 6) is 0.0242. The summed E-state index contributed by atoms with van der Waals surface area (Å²) in [6.07, 6.45) is -3.16. The van der Waals surface area contributed by atoms with Crippen LogP contribution in [-0.2, 0) is 6.42 Å². The molecule has 11 heteroatoms. The predicted octanol–water partition coefficient (Wildman–Crippen LogP) is 4.92. The number of aryl methyl sites for hydroxylation is 2. The van der Waals surface area contributed by atoms with Crippen molar-refractivity contribution in [1.82, 2.24) is 20.2 Å². The monoisotopic (exact) mass is 519 g/mol. The van der Waals surface area contributed by atoms with Gasteiger partial charge in [0.2, 0.25) is 5.76 Å². The third-order valence-corrected chi connectivity index (χ3v) is 6.38. The average molecular weight is 520 g/mol. The second-order valence-electron chi connectivity index (χ2n) is 9.26. The van der Waals surface area contributed by atoms with Crippen LogP contribution in [0.5, 0.6) is 0 Å². The van der Waals surface area contributed by atoms with Gasteiger partial charge >= 0.3 is 6.18 Å². The van der Waals surface area contributed by atoms with Crippen molar-refractivity contribution in [2.45, 2.75) is 44.6 Å². The summed E-state index contributed by atoms with van der Waals surface area (Å²) in [5, 5.41) is 6.71. The molecule has 2 N–H and O–H groups in total. The van der Waals surface area contributed by atoms with Gasteiger partial charge in [0.15, 0.2) is 5.89 Å². The molecule has 0 spiro atoms. The summed E-state index contributed by atoms with van der Waals surface area (Å²) < 4.78 is 60.8. The fourth-order valence-electron chi connectivity index (χ4n) is 4.39. The third kappa shape index (κ3) is 6.27. The van der Waals surface area contributed by atoms with Crippen LogP contribution in [0.2, 0.25) is 0 Å². The van der Waals surface area contributed by atoms with Crippen LogP contribution in [0.4, 0.5) is 23.2 Å². The molecule has 3 aromatic rings. The first-order valence-electron chi connectivity index (χ1n) is 12.0. The molecular formula is C26H29F4N5O2. The molecule has 3 heterocycles. The Bertz CT molecular complexity index is 1290. The standard InChI is InChI=1S/C26H29F4N5O2/c1-15(26(28,29)30)24-18-7-4-8-21(34-22-9-11-35(3)14-20(22)27)19(18)12-17(33-24)6-5-10-31-25(36)23-13-32-16(2)37-23/h4,7-8,12-13,20,22,34H,1,5-6,9-11,14H2,2-3H3,(H,31,36)/t20-,22+/m0/s1. The first kappa shape index (κ1) is 26.6. The van der Waals surface area contributed by atoms with Crippen molar-refractivity contribution in [3.05, 3.63) is 60.1 Å². The number of allylic oxidation sites excluding steroid dienone is 1. The molecule has 0 saturated carbocycles. The Balaban J connectivity index is 1.58. The number of pyridine rings is 1. The Labute approximate surface area is 212 Å². The molecule has 1 aliphatic rings. The van der Waals surface area contributed by atoms with Gasteiger partial charge in [0.05, 0.1) is 23.5 Å². The first-order valence-corrected chi connectivity index (χ1v) is 12.0. The molecule has 2 aromatic heterocycles. The zero-order valence-electron chi connectivity index (χ0n) is 20.7. The minimum absolute atomic E-state index is 0.0842. The van der Waals surface area contributed by atoms with Gasteiger partial charge in [-0.15, -0.1) is 0 Å². The second-order valence-corrected chi connectivity index (χ2v) is 9.26. The van der Waals surface area contributed by atoms with E-state index in [1.54, 1.807) is 31.2 Å². The molecule has 7 nitrogen and oxygen atoms in total. The number of halogens is 4. The zero-order valence-corrected chi connectivity index (χ0v) is 20.7. The van der Waals surface area contributed by atoms with E-state index in [1.807, 2.05) is 11.9 Å². The molecular weight excluding hydrogens is 490 g/mol. The van der Waals surface area contributed by atoms with E-state index >= 15 is 0 Å². The molecule has 2 atom stereocenters. The Morgan fingerprint density at radius 3 is 2.76 bits per heavy atom. The fraction of sp³-hybridized carbons (Fsp3) is 0.423. The number of oxazole rings is 1. The summed E-state index contributed by atoms with van der Waals surface area (Å²) >= 11 is 0. The molecule has 4 rings (SSSR count). The lowest BCUT2D eigenvalue weighted by Gasteiger charge is -2.33. The van der Waals surface area contributed by atoms with Crippen LogP contribution in [0.15, 0.2) is 41.5 Å². The van der Waals surface area contributed by atoms with E-state index in [0.29, 0.717) is 48.5 Å². The van der Waals surface area contributed by atoms with Crippen LogP contribution in [0, 0.1) is 6.92 Å². The van der Waals surface area contributed by atoms with Crippen molar-refractivity contribution in [3.8, 4) is 0 Å². The van der Waals surface area contributed by atoms with E-state index in [1.165, 1.54) is 6.20 Å². The highest BCUT2D eigenvalue weighted by Crippen LogP contribution is 2.37. The number of likely N-dealkylation sites (tertiary alicyclic amines) is 1. The number of nitrogens with zero attached hydrogens (tertiary/aromatic N) is 3. The molecule has 0 bridgehead atoms. The number of fused-ring (bicyclic) bond motifs is 1. The summed E-state index contributed by atoms with van der Waals surface area (Å²) in [5.41, 5.74) is -0.353. The molecule has 1 amide bonds. The molecule has 0 radical (unpaired) electrons. The molecule has 0 aliphatic carbocycles. The molecule has 1 aliphatic heterocycles. The van der Waals surface area contributed by atoms with Gasteiger partial charge in [0, 0.05) is 48.7 Å². The highest BCUT2D eigenvalue weighted by Gasteiger charge is 2.35. The number of anilines is 1. The van der Waals surface area contributed by atoms with Crippen molar-refractivity contribution < 1.29 is 26.8 Å². The molecule has 1 aromatic carbocycles. The summed E-state index contributed by atoms with van der Waals surface area (Å²) in [7, 11) is 1.85. The maximum Gasteiger partial charge on any atom is 0.417 e. The van der Waals surface area contributed by atoms with E-state index in [2.05, 4.69) is 27.2 Å². The molecule has 0 unspecified atom stereocenters. The largest absolute Gasteiger partial charge is 0.436 e. The van der Waals surface area contributed by atoms with Crippen molar-refractivity contribution in [2.24, 2.45) is 0 Å². The fourth-order valence-corrected chi connectivity index (χ4v) is 4.39. The van der Waals surface area contributed by atoms with Crippen LogP contribution in [0.1, 0.15) is 40.7 Å². The molecule has 1 saturated heterocycles. The Morgan fingerprint density at radius 2 is 2.08 bits per heavy atom. The smallest absolute Gasteiger partial charge is 0.417 e. The minimum atomic E-state index is -4.66. The summed E-state index contributed by atoms with van der Waals surface area (Å²) in [4.78, 5) is 22.2. The number of aromatic nitrogens is 2. The third-order valence-electron chi connectivity index (χ3n) is 6.38. The van der Waals surface area contributed by atoms with Crippen molar-refractivity contribution >= 4 is 27.9 Å². The van der Waals surface area contributed by atoms with Gasteiger partial charge in [-0.1, -0.05) is 18.7 Å². The van der Waals surface area contributed by atoms with Crippen LogP contribution in [-0.4, -0.2) is 65.8 Å². The lowest BCUT2D eigenvalue weighted by Crippen LogP contribution is -2.46. The predicted molar refractivity (Wildman–Crippen MR) is 133 cm³/mol. The average Bonchev–Trinajstić information content (AvgIpc) is 3.28. The number of nitrogens with one attached hydrogen (secondary N) is 2. The molecule has 1 fully saturated rings. The van der Waals surface area contributed by atoms with E-state index < -0.39 is 29.9 Å². The zero-order chi connectivity index (χ0) is 26.7. The molecule has 37 heavy (non-hydrogen) atoms. The van der Waals surface area contributed by atoms with Gasteiger partial charge in [0.1, 0.15) is 6.17 Å². The Morgan fingerprint density at radius 1 is 1.30 bits per heavy atom. The lowest BCUT2D eigenvalue weighted by molar-refractivity contribution is -0.0688. The normalized spacial score (nSPS) is 18.6. The highest BCUT2D eigenvalue weighted by atomic mass is 19.4. The number of alkyl halides is 4. The summed E-state index contributed by atoms with van der Waals surface area (Å²) in [6, 6.07) is 6.18. The van der Waals surface area contributed by atoms with Crippen LogP contribution >= 0.6 is 0 Å². The number of carbonyl (C=O) groups is 1. The van der Waals surface area contributed by atoms with E-state index in [9.17, 15) is 22.4 Å². The van der Waals surface area contributed by atoms with Gasteiger partial charge in [-0.05, 0) is 38.4 Å². The molecule has 198 valence electrons. The summed E-state index contributed by atoms with van der Waals surface area (Å²) in [6.45, 7) is 6.14. The maximum atomic E-state index is 14.7. The quantitative estimate of drug-likeness (QED) is 0.325. The number of amides is 1. The number of piperidine rings is 1. The number of rotatable bonds is 8. The SMILES string of the molecule is C=C(c1nc(CCCNC(=O)c2cnc(C)o2)cc2c(N[C@@H]3CCN(C)C[C@@H]3F)cccc12)C(F)(F)F. The van der Waals surface area contributed by atoms with E-state index in [-0.39, 0.29) is 29.9 Å². The van der Waals surface area contributed by atoms with Crippen LogP contribution in [0.3, 0.4) is 0 Å². The number of carbonyl (C=O) groups excluding carboxylic acids is 1. The van der Waals surface area contributed by atoms with Gasteiger partial charge in [0.25, 0.3) is 5.91 Å². The Kier molecular flexibility index (Phi) is 7.82. The van der Waals surface area contributed by atoms with Gasteiger partial charge in [-0.2, -0.15) is 13.2 Å². The number of benzene rings is 1. The van der Waals surface area contributed by atoms with Crippen LogP contribution < -0.4 is 10.6 Å². The van der Waals surface area contributed by atoms with E-state index in [4.69, 9.17) is 4.42 Å². The highest BCUT2D eigenvalue weighted by molar-refractivity contribution is 6.00. The minimum Gasteiger partial charge on any atom is -0.436 e. The van der Waals surface area contributed by atoms with Gasteiger partial charge < -0.3 is 20.0 Å². The number of hydrogen-bond donors (Lipinski definition) is 2. The maximum absolute atomic E-state index is 14.7.